The normalized spacial score (nSPS) is 20.2. The van der Waals surface area contributed by atoms with Crippen LogP contribution in [0.4, 0.5) is 5.69 Å². The van der Waals surface area contributed by atoms with Crippen LogP contribution in [-0.2, 0) is 0 Å². The predicted octanol–water partition coefficient (Wildman–Crippen LogP) is 0.553. The number of imide groups is 1. The minimum absolute atomic E-state index is 0.0920. The zero-order valence-corrected chi connectivity index (χ0v) is 10.2. The molecule has 0 bridgehead atoms. The highest BCUT2D eigenvalue weighted by molar-refractivity contribution is 6.23. The minimum atomic E-state index is -0.630. The second kappa shape index (κ2) is 3.61. The zero-order chi connectivity index (χ0) is 13.8. The highest BCUT2D eigenvalue weighted by atomic mass is 16.6. The van der Waals surface area contributed by atoms with E-state index in [0.717, 1.165) is 4.90 Å². The van der Waals surface area contributed by atoms with Crippen LogP contribution < -0.4 is 5.32 Å². The fourth-order valence-electron chi connectivity index (χ4n) is 2.55. The van der Waals surface area contributed by atoms with Crippen LogP contribution in [0.2, 0.25) is 0 Å². The fourth-order valence-corrected chi connectivity index (χ4v) is 2.55. The van der Waals surface area contributed by atoms with Crippen molar-refractivity contribution in [2.24, 2.45) is 0 Å². The van der Waals surface area contributed by atoms with Gasteiger partial charge in [-0.3, -0.25) is 24.6 Å². The summed E-state index contributed by atoms with van der Waals surface area (Å²) in [6, 6.07) is 4.12. The van der Waals surface area contributed by atoms with Crippen LogP contribution in [0.1, 0.15) is 27.6 Å². The third-order valence-corrected chi connectivity index (χ3v) is 3.64. The number of fused-ring (bicyclic) bond motifs is 1. The number of benzene rings is 1. The number of nitrogens with one attached hydrogen (secondary N) is 1. The Morgan fingerprint density at radius 3 is 2.53 bits per heavy atom. The van der Waals surface area contributed by atoms with Gasteiger partial charge in [-0.15, -0.1) is 0 Å². The molecule has 98 valence electrons. The summed E-state index contributed by atoms with van der Waals surface area (Å²) in [4.78, 5) is 36.1. The summed E-state index contributed by atoms with van der Waals surface area (Å²) in [5.41, 5.74) is -0.881. The van der Waals surface area contributed by atoms with Gasteiger partial charge in [-0.25, -0.2) is 0 Å². The highest BCUT2D eigenvalue weighted by Crippen LogP contribution is 2.35. The molecule has 2 heterocycles. The maximum Gasteiger partial charge on any atom is 0.282 e. The number of hydrogen-bond donors (Lipinski definition) is 1. The number of nitrogens with zero attached hydrogens (tertiary/aromatic N) is 2. The first-order chi connectivity index (χ1) is 8.96. The summed E-state index contributed by atoms with van der Waals surface area (Å²) in [6.45, 7) is 2.80. The largest absolute Gasteiger partial charge is 0.312 e. The SMILES string of the molecule is CC1(N2C(=O)c3cccc([N+](=O)[O-])c3C2=O)CNC1. The summed E-state index contributed by atoms with van der Waals surface area (Å²) in [6.07, 6.45) is 0. The maximum atomic E-state index is 12.3. The van der Waals surface area contributed by atoms with Gasteiger partial charge in [0.05, 0.1) is 16.0 Å². The van der Waals surface area contributed by atoms with Crippen molar-refractivity contribution >= 4 is 17.5 Å². The summed E-state index contributed by atoms with van der Waals surface area (Å²) in [7, 11) is 0. The van der Waals surface area contributed by atoms with Crippen molar-refractivity contribution in [1.29, 1.82) is 0 Å². The summed E-state index contributed by atoms with van der Waals surface area (Å²) < 4.78 is 0. The van der Waals surface area contributed by atoms with Crippen LogP contribution in [0.3, 0.4) is 0 Å². The smallest absolute Gasteiger partial charge is 0.282 e. The van der Waals surface area contributed by atoms with Crippen molar-refractivity contribution in [2.45, 2.75) is 12.5 Å². The molecule has 0 aromatic heterocycles. The molecule has 1 fully saturated rings. The molecular formula is C12H11N3O4. The Morgan fingerprint density at radius 2 is 2.00 bits per heavy atom. The summed E-state index contributed by atoms with van der Waals surface area (Å²) in [5, 5.41) is 14.0. The van der Waals surface area contributed by atoms with E-state index in [1.807, 2.05) is 0 Å². The van der Waals surface area contributed by atoms with Crippen LogP contribution in [0.5, 0.6) is 0 Å². The zero-order valence-electron chi connectivity index (χ0n) is 10.2. The highest BCUT2D eigenvalue weighted by Gasteiger charge is 2.51. The molecule has 2 amide bonds. The average molecular weight is 261 g/mol. The molecule has 0 atom stereocenters. The van der Waals surface area contributed by atoms with E-state index in [4.69, 9.17) is 0 Å². The van der Waals surface area contributed by atoms with E-state index in [1.165, 1.54) is 18.2 Å². The topological polar surface area (TPSA) is 92.6 Å². The molecule has 1 N–H and O–H groups in total. The van der Waals surface area contributed by atoms with E-state index in [-0.39, 0.29) is 16.8 Å². The number of carbonyl (C=O) groups is 2. The van der Waals surface area contributed by atoms with Crippen molar-refractivity contribution in [3.63, 3.8) is 0 Å². The Morgan fingerprint density at radius 1 is 1.32 bits per heavy atom. The molecule has 19 heavy (non-hydrogen) atoms. The quantitative estimate of drug-likeness (QED) is 0.477. The number of carbonyl (C=O) groups excluding carboxylic acids is 2. The molecule has 2 aliphatic heterocycles. The summed E-state index contributed by atoms with van der Waals surface area (Å²) in [5.74, 6) is -1.02. The Bertz CT molecular complexity index is 621. The monoisotopic (exact) mass is 261 g/mol. The van der Waals surface area contributed by atoms with Crippen molar-refractivity contribution in [1.82, 2.24) is 10.2 Å². The molecular weight excluding hydrogens is 250 g/mol. The number of rotatable bonds is 2. The third kappa shape index (κ3) is 1.42. The molecule has 2 aliphatic rings. The first-order valence-electron chi connectivity index (χ1n) is 5.83. The lowest BCUT2D eigenvalue weighted by Crippen LogP contribution is -2.68. The number of nitro benzene ring substituents is 1. The number of hydrogen-bond acceptors (Lipinski definition) is 5. The van der Waals surface area contributed by atoms with Crippen molar-refractivity contribution in [2.75, 3.05) is 13.1 Å². The first kappa shape index (κ1) is 11.8. The van der Waals surface area contributed by atoms with Gasteiger partial charge < -0.3 is 5.32 Å². The molecule has 3 rings (SSSR count). The molecule has 1 aromatic carbocycles. The molecule has 0 aliphatic carbocycles. The van der Waals surface area contributed by atoms with E-state index >= 15 is 0 Å². The van der Waals surface area contributed by atoms with E-state index in [0.29, 0.717) is 13.1 Å². The lowest BCUT2D eigenvalue weighted by molar-refractivity contribution is -0.385. The lowest BCUT2D eigenvalue weighted by Gasteiger charge is -2.45. The van der Waals surface area contributed by atoms with Gasteiger partial charge in [0, 0.05) is 19.2 Å². The molecule has 0 spiro atoms. The van der Waals surface area contributed by atoms with Crippen molar-refractivity contribution < 1.29 is 14.5 Å². The van der Waals surface area contributed by atoms with E-state index in [1.54, 1.807) is 6.92 Å². The Labute approximate surface area is 108 Å². The lowest BCUT2D eigenvalue weighted by atomic mass is 9.93. The van der Waals surface area contributed by atoms with Crippen molar-refractivity contribution in [3.8, 4) is 0 Å². The minimum Gasteiger partial charge on any atom is -0.312 e. The molecule has 0 saturated carbocycles. The Kier molecular flexibility index (Phi) is 2.24. The van der Waals surface area contributed by atoms with Gasteiger partial charge in [0.2, 0.25) is 0 Å². The predicted molar refractivity (Wildman–Crippen MR) is 64.9 cm³/mol. The first-order valence-corrected chi connectivity index (χ1v) is 5.83. The van der Waals surface area contributed by atoms with E-state index in [2.05, 4.69) is 5.32 Å². The third-order valence-electron chi connectivity index (χ3n) is 3.64. The Hall–Kier alpha value is -2.28. The van der Waals surface area contributed by atoms with Gasteiger partial charge in [0.15, 0.2) is 0 Å². The van der Waals surface area contributed by atoms with Gasteiger partial charge in [-0.05, 0) is 13.0 Å². The molecule has 0 radical (unpaired) electrons. The second-order valence-corrected chi connectivity index (χ2v) is 5.00. The van der Waals surface area contributed by atoms with Crippen LogP contribution >= 0.6 is 0 Å². The molecule has 7 nitrogen and oxygen atoms in total. The second-order valence-electron chi connectivity index (χ2n) is 5.00. The molecule has 1 aromatic rings. The summed E-state index contributed by atoms with van der Waals surface area (Å²) >= 11 is 0. The van der Waals surface area contributed by atoms with Crippen LogP contribution in [0.15, 0.2) is 18.2 Å². The molecule has 1 saturated heterocycles. The van der Waals surface area contributed by atoms with E-state index < -0.39 is 22.3 Å². The number of nitro groups is 1. The maximum absolute atomic E-state index is 12.3. The fraction of sp³-hybridized carbons (Fsp3) is 0.333. The van der Waals surface area contributed by atoms with Crippen LogP contribution in [0, 0.1) is 10.1 Å². The molecule has 7 heteroatoms. The van der Waals surface area contributed by atoms with Gasteiger partial charge in [-0.1, -0.05) is 6.07 Å². The van der Waals surface area contributed by atoms with Crippen LogP contribution in [-0.4, -0.2) is 40.3 Å². The average Bonchev–Trinajstić information content (AvgIpc) is 2.59. The number of amides is 2. The van der Waals surface area contributed by atoms with Gasteiger partial charge in [0.1, 0.15) is 5.56 Å². The van der Waals surface area contributed by atoms with Crippen LogP contribution in [0.25, 0.3) is 0 Å². The van der Waals surface area contributed by atoms with Gasteiger partial charge >= 0.3 is 0 Å². The van der Waals surface area contributed by atoms with Crippen molar-refractivity contribution in [3.05, 3.63) is 39.4 Å². The van der Waals surface area contributed by atoms with Gasteiger partial charge in [-0.2, -0.15) is 0 Å². The Balaban J connectivity index is 2.14. The van der Waals surface area contributed by atoms with Gasteiger partial charge in [0.25, 0.3) is 17.5 Å². The van der Waals surface area contributed by atoms with E-state index in [9.17, 15) is 19.7 Å². The standard InChI is InChI=1S/C12H11N3O4/c1-12(5-13-6-12)14-10(16)7-3-2-4-8(15(18)19)9(7)11(14)17/h2-4,13H,5-6H2,1H3. The molecule has 0 unspecified atom stereocenters.